The third kappa shape index (κ3) is 1.95. The van der Waals surface area contributed by atoms with Crippen LogP contribution in [0.2, 0.25) is 0 Å². The van der Waals surface area contributed by atoms with Crippen LogP contribution in [0.4, 0.5) is 4.79 Å². The predicted octanol–water partition coefficient (Wildman–Crippen LogP) is 0.732. The quantitative estimate of drug-likeness (QED) is 0.815. The molecule has 0 atom stereocenters. The first kappa shape index (κ1) is 10.4. The van der Waals surface area contributed by atoms with E-state index in [-0.39, 0.29) is 12.2 Å². The lowest BCUT2D eigenvalue weighted by Crippen LogP contribution is -2.25. The van der Waals surface area contributed by atoms with Crippen molar-refractivity contribution in [1.29, 1.82) is 0 Å². The third-order valence-corrected chi connectivity index (χ3v) is 2.30. The number of amides is 1. The number of carboxylic acid groups (broad SMARTS) is 1. The van der Waals surface area contributed by atoms with Gasteiger partial charge in [0.05, 0.1) is 13.1 Å². The second-order valence-corrected chi connectivity index (χ2v) is 3.35. The van der Waals surface area contributed by atoms with E-state index in [9.17, 15) is 9.59 Å². The second kappa shape index (κ2) is 4.18. The molecule has 84 valence electrons. The van der Waals surface area contributed by atoms with Gasteiger partial charge in [-0.3, -0.25) is 0 Å². The number of cyclic esters (lactones) is 1. The Hall–Kier alpha value is -2.11. The number of carboxylic acids is 1. The highest BCUT2D eigenvalue weighted by Crippen LogP contribution is 2.12. The molecule has 0 radical (unpaired) electrons. The summed E-state index contributed by atoms with van der Waals surface area (Å²) < 4.78 is 4.76. The standard InChI is InChI=1S/C10H10N2O4/c13-9(14)8-7(2-1-3-11-8)6-12-4-5-16-10(12)15/h1-3H,4-6H2,(H,13,14). The van der Waals surface area contributed by atoms with Crippen LogP contribution in [-0.2, 0) is 11.3 Å². The molecule has 1 fully saturated rings. The molecule has 1 N–H and O–H groups in total. The van der Waals surface area contributed by atoms with Gasteiger partial charge in [-0.05, 0) is 6.07 Å². The molecule has 0 aliphatic carbocycles. The summed E-state index contributed by atoms with van der Waals surface area (Å²) in [6.45, 7) is 1.04. The molecule has 2 rings (SSSR count). The highest BCUT2D eigenvalue weighted by Gasteiger charge is 2.23. The Kier molecular flexibility index (Phi) is 2.72. The molecule has 1 aliphatic heterocycles. The molecular weight excluding hydrogens is 212 g/mol. The maximum Gasteiger partial charge on any atom is 0.410 e. The number of carbonyl (C=O) groups is 2. The average molecular weight is 222 g/mol. The molecule has 2 heterocycles. The van der Waals surface area contributed by atoms with Crippen LogP contribution < -0.4 is 0 Å². The molecule has 6 heteroatoms. The van der Waals surface area contributed by atoms with Crippen molar-refractivity contribution in [1.82, 2.24) is 9.88 Å². The summed E-state index contributed by atoms with van der Waals surface area (Å²) in [7, 11) is 0. The lowest BCUT2D eigenvalue weighted by Gasteiger charge is -2.13. The summed E-state index contributed by atoms with van der Waals surface area (Å²) in [6, 6.07) is 3.28. The lowest BCUT2D eigenvalue weighted by atomic mass is 10.2. The Morgan fingerprint density at radius 3 is 3.06 bits per heavy atom. The van der Waals surface area contributed by atoms with Crippen LogP contribution in [0.15, 0.2) is 18.3 Å². The first-order valence-electron chi connectivity index (χ1n) is 4.77. The fraction of sp³-hybridized carbons (Fsp3) is 0.300. The normalized spacial score (nSPS) is 15.0. The Labute approximate surface area is 91.5 Å². The van der Waals surface area contributed by atoms with Gasteiger partial charge in [0.15, 0.2) is 5.69 Å². The van der Waals surface area contributed by atoms with E-state index in [0.717, 1.165) is 0 Å². The maximum absolute atomic E-state index is 11.2. The highest BCUT2D eigenvalue weighted by atomic mass is 16.6. The summed E-state index contributed by atoms with van der Waals surface area (Å²) >= 11 is 0. The van der Waals surface area contributed by atoms with Crippen molar-refractivity contribution in [2.45, 2.75) is 6.54 Å². The molecule has 1 aliphatic rings. The second-order valence-electron chi connectivity index (χ2n) is 3.35. The van der Waals surface area contributed by atoms with E-state index in [0.29, 0.717) is 18.7 Å². The van der Waals surface area contributed by atoms with Crippen molar-refractivity contribution in [3.63, 3.8) is 0 Å². The van der Waals surface area contributed by atoms with Crippen molar-refractivity contribution in [3.05, 3.63) is 29.6 Å². The summed E-state index contributed by atoms with van der Waals surface area (Å²) in [5, 5.41) is 8.91. The number of aromatic nitrogens is 1. The van der Waals surface area contributed by atoms with Crippen LogP contribution in [0, 0.1) is 0 Å². The summed E-state index contributed by atoms with van der Waals surface area (Å²) in [6.07, 6.45) is 0.995. The lowest BCUT2D eigenvalue weighted by molar-refractivity contribution is 0.0687. The zero-order chi connectivity index (χ0) is 11.5. The van der Waals surface area contributed by atoms with Gasteiger partial charge in [0.2, 0.25) is 0 Å². The van der Waals surface area contributed by atoms with Gasteiger partial charge in [0.1, 0.15) is 6.61 Å². The van der Waals surface area contributed by atoms with Gasteiger partial charge in [-0.2, -0.15) is 0 Å². The van der Waals surface area contributed by atoms with Gasteiger partial charge in [-0.1, -0.05) is 6.07 Å². The SMILES string of the molecule is O=C(O)c1ncccc1CN1CCOC1=O. The zero-order valence-electron chi connectivity index (χ0n) is 8.42. The first-order valence-corrected chi connectivity index (χ1v) is 4.77. The van der Waals surface area contributed by atoms with E-state index in [1.54, 1.807) is 12.1 Å². The number of pyridine rings is 1. The molecule has 0 bridgehead atoms. The van der Waals surface area contributed by atoms with Crippen LogP contribution in [-0.4, -0.2) is 40.2 Å². The van der Waals surface area contributed by atoms with Gasteiger partial charge >= 0.3 is 12.1 Å². The van der Waals surface area contributed by atoms with Crippen LogP contribution in [0.25, 0.3) is 0 Å². The molecule has 1 saturated heterocycles. The van der Waals surface area contributed by atoms with Crippen LogP contribution in [0.1, 0.15) is 16.1 Å². The molecular formula is C10H10N2O4. The highest BCUT2D eigenvalue weighted by molar-refractivity contribution is 5.87. The van der Waals surface area contributed by atoms with E-state index >= 15 is 0 Å². The number of rotatable bonds is 3. The molecule has 0 saturated carbocycles. The largest absolute Gasteiger partial charge is 0.477 e. The minimum atomic E-state index is -1.09. The molecule has 16 heavy (non-hydrogen) atoms. The van der Waals surface area contributed by atoms with E-state index in [2.05, 4.69) is 4.98 Å². The maximum atomic E-state index is 11.2. The van der Waals surface area contributed by atoms with E-state index in [1.807, 2.05) is 0 Å². The Morgan fingerprint density at radius 1 is 1.62 bits per heavy atom. The molecule has 1 amide bonds. The Morgan fingerprint density at radius 2 is 2.44 bits per heavy atom. The van der Waals surface area contributed by atoms with Gasteiger partial charge in [-0.25, -0.2) is 14.6 Å². The van der Waals surface area contributed by atoms with E-state index in [4.69, 9.17) is 9.84 Å². The Balaban J connectivity index is 2.20. The van der Waals surface area contributed by atoms with Crippen molar-refractivity contribution >= 4 is 12.1 Å². The molecule has 1 aromatic heterocycles. The number of aromatic carboxylic acids is 1. The Bertz CT molecular complexity index is 433. The fourth-order valence-electron chi connectivity index (χ4n) is 1.53. The van der Waals surface area contributed by atoms with E-state index < -0.39 is 12.1 Å². The predicted molar refractivity (Wildman–Crippen MR) is 53.0 cm³/mol. The molecule has 0 unspecified atom stereocenters. The summed E-state index contributed by atoms with van der Waals surface area (Å²) in [5.74, 6) is -1.09. The third-order valence-electron chi connectivity index (χ3n) is 2.30. The van der Waals surface area contributed by atoms with Crippen molar-refractivity contribution < 1.29 is 19.4 Å². The molecule has 0 spiro atoms. The average Bonchev–Trinajstić information content (AvgIpc) is 2.65. The fourth-order valence-corrected chi connectivity index (χ4v) is 1.53. The number of nitrogens with zero attached hydrogens (tertiary/aromatic N) is 2. The topological polar surface area (TPSA) is 79.7 Å². The van der Waals surface area contributed by atoms with Crippen molar-refractivity contribution in [2.24, 2.45) is 0 Å². The van der Waals surface area contributed by atoms with Crippen LogP contribution >= 0.6 is 0 Å². The summed E-state index contributed by atoms with van der Waals surface area (Å²) in [4.78, 5) is 27.3. The monoisotopic (exact) mass is 222 g/mol. The molecule has 1 aromatic rings. The van der Waals surface area contributed by atoms with Crippen LogP contribution in [0.3, 0.4) is 0 Å². The number of carbonyl (C=O) groups excluding carboxylic acids is 1. The van der Waals surface area contributed by atoms with Gasteiger partial charge in [-0.15, -0.1) is 0 Å². The van der Waals surface area contributed by atoms with Crippen molar-refractivity contribution in [3.8, 4) is 0 Å². The van der Waals surface area contributed by atoms with Crippen LogP contribution in [0.5, 0.6) is 0 Å². The van der Waals surface area contributed by atoms with Crippen molar-refractivity contribution in [2.75, 3.05) is 13.2 Å². The number of hydrogen-bond donors (Lipinski definition) is 1. The smallest absolute Gasteiger partial charge is 0.410 e. The first-order chi connectivity index (χ1) is 7.68. The zero-order valence-corrected chi connectivity index (χ0v) is 8.42. The minimum absolute atomic E-state index is 0.0257. The molecule has 0 aromatic carbocycles. The number of hydrogen-bond acceptors (Lipinski definition) is 4. The summed E-state index contributed by atoms with van der Waals surface area (Å²) in [5.41, 5.74) is 0.482. The minimum Gasteiger partial charge on any atom is -0.477 e. The van der Waals surface area contributed by atoms with Gasteiger partial charge < -0.3 is 14.7 Å². The molecule has 6 nitrogen and oxygen atoms in total. The van der Waals surface area contributed by atoms with Gasteiger partial charge in [0.25, 0.3) is 0 Å². The number of ether oxygens (including phenoxy) is 1. The van der Waals surface area contributed by atoms with Gasteiger partial charge in [0, 0.05) is 11.8 Å². The van der Waals surface area contributed by atoms with E-state index in [1.165, 1.54) is 11.1 Å².